The predicted molar refractivity (Wildman–Crippen MR) is 94.6 cm³/mol. The van der Waals surface area contributed by atoms with Gasteiger partial charge in [-0.25, -0.2) is 0 Å². The van der Waals surface area contributed by atoms with Crippen molar-refractivity contribution in [1.29, 1.82) is 0 Å². The van der Waals surface area contributed by atoms with Crippen LogP contribution in [0.1, 0.15) is 90.9 Å². The van der Waals surface area contributed by atoms with Gasteiger partial charge in [-0.3, -0.25) is 0 Å². The molecule has 0 aromatic heterocycles. The van der Waals surface area contributed by atoms with Gasteiger partial charge >= 0.3 is 7.12 Å². The van der Waals surface area contributed by atoms with Crippen LogP contribution in [0, 0.1) is 0 Å². The molecule has 0 aromatic carbocycles. The van der Waals surface area contributed by atoms with E-state index >= 15 is 0 Å². The molecule has 0 saturated heterocycles. The van der Waals surface area contributed by atoms with E-state index in [0.29, 0.717) is 0 Å². The van der Waals surface area contributed by atoms with E-state index < -0.39 is 0 Å². The lowest BCUT2D eigenvalue weighted by atomic mass is 9.91. The third-order valence-corrected chi connectivity index (χ3v) is 3.75. The molecule has 0 bridgehead atoms. The molecule has 0 amide bonds. The Labute approximate surface area is 133 Å². The van der Waals surface area contributed by atoms with Crippen molar-refractivity contribution < 1.29 is 9.31 Å². The third-order valence-electron chi connectivity index (χ3n) is 3.75. The lowest BCUT2D eigenvalue weighted by molar-refractivity contribution is 0.198. The summed E-state index contributed by atoms with van der Waals surface area (Å²) in [7, 11) is -0.212. The molecule has 0 aliphatic heterocycles. The maximum atomic E-state index is 5.70. The van der Waals surface area contributed by atoms with Gasteiger partial charge in [0.05, 0.1) is 0 Å². The summed E-state index contributed by atoms with van der Waals surface area (Å²) in [6.07, 6.45) is 15.5. The van der Waals surface area contributed by atoms with Crippen molar-refractivity contribution in [2.75, 3.05) is 13.2 Å². The minimum atomic E-state index is -0.212. The fourth-order valence-corrected chi connectivity index (χ4v) is 2.35. The maximum absolute atomic E-state index is 5.70. The van der Waals surface area contributed by atoms with Gasteiger partial charge in [0.25, 0.3) is 0 Å². The second-order valence-electron chi connectivity index (χ2n) is 5.88. The van der Waals surface area contributed by atoms with Crippen LogP contribution in [-0.2, 0) is 9.31 Å². The average Bonchev–Trinajstić information content (AvgIpc) is 2.51. The molecule has 0 spiro atoms. The molecule has 0 aliphatic carbocycles. The van der Waals surface area contributed by atoms with Crippen LogP contribution >= 0.6 is 0 Å². The molecular formula is C18H37BO2. The predicted octanol–water partition coefficient (Wildman–Crippen LogP) is 5.95. The summed E-state index contributed by atoms with van der Waals surface area (Å²) >= 11 is 0. The Kier molecular flexibility index (Phi) is 17.5. The van der Waals surface area contributed by atoms with Crippen molar-refractivity contribution in [3.05, 3.63) is 12.6 Å². The number of rotatable bonds is 17. The highest BCUT2D eigenvalue weighted by molar-refractivity contribution is 6.50. The van der Waals surface area contributed by atoms with Crippen LogP contribution in [0.25, 0.3) is 0 Å². The molecule has 0 saturated carbocycles. The van der Waals surface area contributed by atoms with E-state index in [1.165, 1.54) is 64.2 Å². The van der Waals surface area contributed by atoms with Gasteiger partial charge in [-0.15, -0.1) is 6.58 Å². The molecule has 0 unspecified atom stereocenters. The highest BCUT2D eigenvalue weighted by atomic mass is 16.6. The first-order valence-corrected chi connectivity index (χ1v) is 9.20. The van der Waals surface area contributed by atoms with Crippen LogP contribution < -0.4 is 0 Å². The van der Waals surface area contributed by atoms with E-state index in [0.717, 1.165) is 26.1 Å². The first-order chi connectivity index (χ1) is 10.3. The second kappa shape index (κ2) is 17.8. The molecule has 0 aliphatic rings. The van der Waals surface area contributed by atoms with Gasteiger partial charge in [0, 0.05) is 13.2 Å². The molecule has 0 radical (unpaired) electrons. The van der Waals surface area contributed by atoms with Crippen molar-refractivity contribution in [3.63, 3.8) is 0 Å². The SMILES string of the molecule is C=CB(OCCCCCCCC)OCCCCCCCC. The highest BCUT2D eigenvalue weighted by Gasteiger charge is 2.12. The Morgan fingerprint density at radius 3 is 1.43 bits per heavy atom. The maximum Gasteiger partial charge on any atom is 0.485 e. The molecule has 0 aromatic rings. The monoisotopic (exact) mass is 296 g/mol. The van der Waals surface area contributed by atoms with E-state index in [4.69, 9.17) is 9.31 Å². The van der Waals surface area contributed by atoms with Crippen LogP contribution in [0.4, 0.5) is 0 Å². The third kappa shape index (κ3) is 15.9. The fourth-order valence-electron chi connectivity index (χ4n) is 2.35. The molecule has 0 fully saturated rings. The van der Waals surface area contributed by atoms with Gasteiger partial charge in [-0.1, -0.05) is 84.0 Å². The molecule has 21 heavy (non-hydrogen) atoms. The molecular weight excluding hydrogens is 259 g/mol. The molecule has 0 heterocycles. The van der Waals surface area contributed by atoms with Crippen LogP contribution in [0.5, 0.6) is 0 Å². The van der Waals surface area contributed by atoms with Gasteiger partial charge < -0.3 is 9.31 Å². The van der Waals surface area contributed by atoms with Gasteiger partial charge in [0.2, 0.25) is 0 Å². The minimum absolute atomic E-state index is 0.212. The minimum Gasteiger partial charge on any atom is -0.408 e. The van der Waals surface area contributed by atoms with E-state index in [-0.39, 0.29) is 7.12 Å². The molecule has 0 atom stereocenters. The fraction of sp³-hybridized carbons (Fsp3) is 0.889. The first kappa shape index (κ1) is 20.7. The standard InChI is InChI=1S/C18H37BO2/c1-4-7-9-11-13-15-17-20-19(6-3)21-18-16-14-12-10-8-5-2/h6H,3-5,7-18H2,1-2H3. The van der Waals surface area contributed by atoms with Gasteiger partial charge in [-0.05, 0) is 12.8 Å². The Bertz CT molecular complexity index is 191. The number of hydrogen-bond acceptors (Lipinski definition) is 2. The van der Waals surface area contributed by atoms with Crippen LogP contribution in [0.3, 0.4) is 0 Å². The zero-order chi connectivity index (χ0) is 15.6. The largest absolute Gasteiger partial charge is 0.485 e. The molecule has 0 N–H and O–H groups in total. The summed E-state index contributed by atoms with van der Waals surface area (Å²) in [5.74, 6) is 1.77. The van der Waals surface area contributed by atoms with Crippen molar-refractivity contribution in [3.8, 4) is 0 Å². The van der Waals surface area contributed by atoms with Crippen LogP contribution in [0.2, 0.25) is 0 Å². The number of hydrogen-bond donors (Lipinski definition) is 0. The van der Waals surface area contributed by atoms with Crippen molar-refractivity contribution in [2.24, 2.45) is 0 Å². The molecule has 0 rings (SSSR count). The van der Waals surface area contributed by atoms with E-state index in [1.807, 2.05) is 0 Å². The van der Waals surface area contributed by atoms with Crippen LogP contribution in [-0.4, -0.2) is 20.3 Å². The van der Waals surface area contributed by atoms with E-state index in [2.05, 4.69) is 20.4 Å². The summed E-state index contributed by atoms with van der Waals surface area (Å²) in [6.45, 7) is 9.87. The van der Waals surface area contributed by atoms with Crippen molar-refractivity contribution in [1.82, 2.24) is 0 Å². The topological polar surface area (TPSA) is 18.5 Å². The summed E-state index contributed by atoms with van der Waals surface area (Å²) in [5.41, 5.74) is 0. The quantitative estimate of drug-likeness (QED) is 0.244. The molecule has 124 valence electrons. The first-order valence-electron chi connectivity index (χ1n) is 9.20. The Morgan fingerprint density at radius 2 is 1.05 bits per heavy atom. The second-order valence-corrected chi connectivity index (χ2v) is 5.88. The van der Waals surface area contributed by atoms with E-state index in [9.17, 15) is 0 Å². The smallest absolute Gasteiger partial charge is 0.408 e. The average molecular weight is 296 g/mol. The lowest BCUT2D eigenvalue weighted by Gasteiger charge is -2.11. The van der Waals surface area contributed by atoms with Gasteiger partial charge in [-0.2, -0.15) is 0 Å². The highest BCUT2D eigenvalue weighted by Crippen LogP contribution is 2.07. The van der Waals surface area contributed by atoms with Gasteiger partial charge in [0.1, 0.15) is 0 Å². The summed E-state index contributed by atoms with van der Waals surface area (Å²) in [4.78, 5) is 0. The van der Waals surface area contributed by atoms with E-state index in [1.54, 1.807) is 5.98 Å². The zero-order valence-electron chi connectivity index (χ0n) is 14.6. The summed E-state index contributed by atoms with van der Waals surface area (Å²) in [5, 5.41) is 0. The van der Waals surface area contributed by atoms with Gasteiger partial charge in [0.15, 0.2) is 0 Å². The Morgan fingerprint density at radius 1 is 0.667 bits per heavy atom. The van der Waals surface area contributed by atoms with Crippen molar-refractivity contribution in [2.45, 2.75) is 90.9 Å². The lowest BCUT2D eigenvalue weighted by Crippen LogP contribution is -2.21. The molecule has 3 heteroatoms. The summed E-state index contributed by atoms with van der Waals surface area (Å²) < 4.78 is 11.4. The normalized spacial score (nSPS) is 10.8. The van der Waals surface area contributed by atoms with Crippen molar-refractivity contribution >= 4 is 7.12 Å². The Hall–Kier alpha value is -0.275. The zero-order valence-corrected chi connectivity index (χ0v) is 14.6. The number of unbranched alkanes of at least 4 members (excludes halogenated alkanes) is 10. The molecule has 2 nitrogen and oxygen atoms in total. The summed E-state index contributed by atoms with van der Waals surface area (Å²) in [6, 6.07) is 0. The Balaban J connectivity index is 3.31. The van der Waals surface area contributed by atoms with Crippen LogP contribution in [0.15, 0.2) is 12.6 Å².